The van der Waals surface area contributed by atoms with Crippen molar-refractivity contribution < 1.29 is 9.53 Å². The molecule has 0 radical (unpaired) electrons. The Hall–Kier alpha value is -1.02. The lowest BCUT2D eigenvalue weighted by atomic mass is 10.2. The van der Waals surface area contributed by atoms with Crippen molar-refractivity contribution in [3.8, 4) is 5.75 Å². The molecule has 1 rings (SSSR count). The summed E-state index contributed by atoms with van der Waals surface area (Å²) in [7, 11) is 0. The lowest BCUT2D eigenvalue weighted by molar-refractivity contribution is -0.117. The molecule has 0 aliphatic carbocycles. The summed E-state index contributed by atoms with van der Waals surface area (Å²) in [4.78, 5) is 10.7. The molecule has 0 bridgehead atoms. The van der Waals surface area contributed by atoms with Gasteiger partial charge >= 0.3 is 0 Å². The van der Waals surface area contributed by atoms with Gasteiger partial charge in [-0.2, -0.15) is 0 Å². The number of carbonyl (C=O) groups excluding carboxylic acids is 1. The van der Waals surface area contributed by atoms with Gasteiger partial charge in [-0.3, -0.25) is 4.79 Å². The van der Waals surface area contributed by atoms with E-state index in [0.717, 1.165) is 5.56 Å². The van der Waals surface area contributed by atoms with Crippen LogP contribution < -0.4 is 4.74 Å². The van der Waals surface area contributed by atoms with E-state index in [1.165, 1.54) is 0 Å². The van der Waals surface area contributed by atoms with E-state index < -0.39 is 11.3 Å². The molecular weight excluding hydrogens is 188 g/mol. The molecule has 1 aromatic rings. The predicted molar refractivity (Wildman–Crippen MR) is 52.1 cm³/mol. The van der Waals surface area contributed by atoms with Crippen molar-refractivity contribution in [3.63, 3.8) is 0 Å². The lowest BCUT2D eigenvalue weighted by Gasteiger charge is -2.10. The highest BCUT2D eigenvalue weighted by Crippen LogP contribution is 2.14. The zero-order valence-corrected chi connectivity index (χ0v) is 8.34. The molecular formula is C10H11ClO2. The molecule has 2 nitrogen and oxygen atoms in total. The van der Waals surface area contributed by atoms with Crippen LogP contribution in [-0.4, -0.2) is 11.3 Å². The zero-order chi connectivity index (χ0) is 9.84. The topological polar surface area (TPSA) is 26.3 Å². The summed E-state index contributed by atoms with van der Waals surface area (Å²) >= 11 is 5.25. The average Bonchev–Trinajstić information content (AvgIpc) is 2.04. The summed E-state index contributed by atoms with van der Waals surface area (Å²) in [5.41, 5.74) is 1.09. The van der Waals surface area contributed by atoms with Crippen LogP contribution in [0.25, 0.3) is 0 Å². The summed E-state index contributed by atoms with van der Waals surface area (Å²) in [5.74, 6) is 0.668. The highest BCUT2D eigenvalue weighted by atomic mass is 35.5. The van der Waals surface area contributed by atoms with E-state index in [1.807, 2.05) is 25.1 Å². The number of halogens is 1. The van der Waals surface area contributed by atoms with Crippen LogP contribution in [0.4, 0.5) is 0 Å². The smallest absolute Gasteiger partial charge is 0.262 e. The van der Waals surface area contributed by atoms with Crippen LogP contribution in [0.3, 0.4) is 0 Å². The predicted octanol–water partition coefficient (Wildman–Crippen LogP) is 2.53. The van der Waals surface area contributed by atoms with Crippen LogP contribution >= 0.6 is 11.6 Å². The first kappa shape index (κ1) is 10.1. The van der Waals surface area contributed by atoms with Gasteiger partial charge in [0.05, 0.1) is 0 Å². The second-order valence-electron chi connectivity index (χ2n) is 2.88. The fourth-order valence-corrected chi connectivity index (χ4v) is 0.984. The molecule has 0 amide bonds. The summed E-state index contributed by atoms with van der Waals surface area (Å²) in [5, 5.41) is -0.485. The van der Waals surface area contributed by atoms with E-state index in [9.17, 15) is 4.79 Å². The highest BCUT2D eigenvalue weighted by Gasteiger charge is 2.10. The van der Waals surface area contributed by atoms with E-state index >= 15 is 0 Å². The van der Waals surface area contributed by atoms with Gasteiger partial charge in [-0.1, -0.05) is 12.1 Å². The third kappa shape index (κ3) is 3.07. The SMILES string of the molecule is Cc1cccc(OC(C)C(=O)Cl)c1. The minimum Gasteiger partial charge on any atom is -0.482 e. The van der Waals surface area contributed by atoms with Gasteiger partial charge in [-0.25, -0.2) is 0 Å². The number of rotatable bonds is 3. The Morgan fingerprint density at radius 1 is 1.54 bits per heavy atom. The molecule has 1 atom stereocenters. The van der Waals surface area contributed by atoms with E-state index in [0.29, 0.717) is 5.75 Å². The zero-order valence-electron chi connectivity index (χ0n) is 7.58. The Labute approximate surface area is 82.5 Å². The van der Waals surface area contributed by atoms with Gasteiger partial charge in [0.2, 0.25) is 0 Å². The third-order valence-corrected chi connectivity index (χ3v) is 1.93. The minimum atomic E-state index is -0.594. The Balaban J connectivity index is 2.69. The normalized spacial score (nSPS) is 12.2. The molecule has 0 aromatic heterocycles. The van der Waals surface area contributed by atoms with Gasteiger partial charge in [0.15, 0.2) is 6.10 Å². The van der Waals surface area contributed by atoms with Crippen molar-refractivity contribution in [3.05, 3.63) is 29.8 Å². The van der Waals surface area contributed by atoms with Gasteiger partial charge in [0.1, 0.15) is 5.75 Å². The fourth-order valence-electron chi connectivity index (χ4n) is 0.939. The van der Waals surface area contributed by atoms with Gasteiger partial charge in [-0.15, -0.1) is 0 Å². The Morgan fingerprint density at radius 3 is 2.77 bits per heavy atom. The van der Waals surface area contributed by atoms with Gasteiger partial charge in [0, 0.05) is 0 Å². The summed E-state index contributed by atoms with van der Waals surface area (Å²) in [6, 6.07) is 7.48. The fraction of sp³-hybridized carbons (Fsp3) is 0.300. The molecule has 0 aliphatic rings. The summed E-state index contributed by atoms with van der Waals surface area (Å²) < 4.78 is 5.28. The number of benzene rings is 1. The first-order chi connectivity index (χ1) is 6.09. The largest absolute Gasteiger partial charge is 0.482 e. The Morgan fingerprint density at radius 2 is 2.23 bits per heavy atom. The molecule has 1 aromatic carbocycles. The molecule has 0 saturated carbocycles. The van der Waals surface area contributed by atoms with Gasteiger partial charge < -0.3 is 4.74 Å². The molecule has 0 N–H and O–H groups in total. The van der Waals surface area contributed by atoms with Gasteiger partial charge in [0.25, 0.3) is 5.24 Å². The lowest BCUT2D eigenvalue weighted by Crippen LogP contribution is -2.18. The molecule has 3 heteroatoms. The quantitative estimate of drug-likeness (QED) is 0.698. The monoisotopic (exact) mass is 198 g/mol. The molecule has 13 heavy (non-hydrogen) atoms. The standard InChI is InChI=1S/C10H11ClO2/c1-7-4-3-5-9(6-7)13-8(2)10(11)12/h3-6,8H,1-2H3. The van der Waals surface area contributed by atoms with E-state index in [1.54, 1.807) is 13.0 Å². The number of aryl methyl sites for hydroxylation is 1. The average molecular weight is 199 g/mol. The summed E-state index contributed by atoms with van der Waals surface area (Å²) in [6.07, 6.45) is -0.594. The maximum Gasteiger partial charge on any atom is 0.262 e. The molecule has 0 saturated heterocycles. The number of ether oxygens (including phenoxy) is 1. The van der Waals surface area contributed by atoms with Crippen molar-refractivity contribution in [2.24, 2.45) is 0 Å². The van der Waals surface area contributed by atoms with Crippen LogP contribution in [0.1, 0.15) is 12.5 Å². The van der Waals surface area contributed by atoms with Crippen molar-refractivity contribution in [1.82, 2.24) is 0 Å². The van der Waals surface area contributed by atoms with Crippen molar-refractivity contribution >= 4 is 16.8 Å². The Kier molecular flexibility index (Phi) is 3.32. The van der Waals surface area contributed by atoms with E-state index in [-0.39, 0.29) is 0 Å². The van der Waals surface area contributed by atoms with Crippen molar-refractivity contribution in [1.29, 1.82) is 0 Å². The molecule has 0 heterocycles. The number of hydrogen-bond acceptors (Lipinski definition) is 2. The van der Waals surface area contributed by atoms with Crippen molar-refractivity contribution in [2.75, 3.05) is 0 Å². The Bertz CT molecular complexity index is 310. The van der Waals surface area contributed by atoms with Crippen molar-refractivity contribution in [2.45, 2.75) is 20.0 Å². The second kappa shape index (κ2) is 4.28. The molecule has 0 spiro atoms. The molecule has 1 unspecified atom stereocenters. The molecule has 0 fully saturated rings. The molecule has 70 valence electrons. The molecule has 0 aliphatic heterocycles. The van der Waals surface area contributed by atoms with Crippen LogP contribution in [0, 0.1) is 6.92 Å². The van der Waals surface area contributed by atoms with E-state index in [4.69, 9.17) is 16.3 Å². The van der Waals surface area contributed by atoms with E-state index in [2.05, 4.69) is 0 Å². The maximum atomic E-state index is 10.7. The minimum absolute atomic E-state index is 0.485. The van der Waals surface area contributed by atoms with Gasteiger partial charge in [-0.05, 0) is 43.1 Å². The third-order valence-electron chi connectivity index (χ3n) is 1.62. The number of carbonyl (C=O) groups is 1. The summed E-state index contributed by atoms with van der Waals surface area (Å²) in [6.45, 7) is 3.58. The van der Waals surface area contributed by atoms with Crippen LogP contribution in [0.5, 0.6) is 5.75 Å². The maximum absolute atomic E-state index is 10.7. The first-order valence-electron chi connectivity index (χ1n) is 4.02. The highest BCUT2D eigenvalue weighted by molar-refractivity contribution is 6.64. The second-order valence-corrected chi connectivity index (χ2v) is 3.25. The number of hydrogen-bond donors (Lipinski definition) is 0. The van der Waals surface area contributed by atoms with Crippen LogP contribution in [-0.2, 0) is 4.79 Å². The van der Waals surface area contributed by atoms with Crippen LogP contribution in [0.2, 0.25) is 0 Å². The first-order valence-corrected chi connectivity index (χ1v) is 4.40. The van der Waals surface area contributed by atoms with Crippen LogP contribution in [0.15, 0.2) is 24.3 Å².